The van der Waals surface area contributed by atoms with E-state index in [2.05, 4.69) is 62.6 Å². The number of amides is 1. The van der Waals surface area contributed by atoms with E-state index >= 15 is 0 Å². The molecule has 0 fully saturated rings. The van der Waals surface area contributed by atoms with Crippen LogP contribution in [0.25, 0.3) is 11.3 Å². The fourth-order valence-electron chi connectivity index (χ4n) is 8.05. The van der Waals surface area contributed by atoms with Crippen molar-refractivity contribution >= 4 is 56.0 Å². The van der Waals surface area contributed by atoms with Crippen LogP contribution in [0.2, 0.25) is 5.02 Å². The molecule has 6 rings (SSSR count). The predicted molar refractivity (Wildman–Crippen MR) is 248 cm³/mol. The third kappa shape index (κ3) is 9.44. The van der Waals surface area contributed by atoms with Crippen LogP contribution in [0, 0.1) is 5.92 Å². The van der Waals surface area contributed by atoms with Crippen molar-refractivity contribution in [3.8, 4) is 11.5 Å². The molecule has 13 heteroatoms. The van der Waals surface area contributed by atoms with Gasteiger partial charge in [0.2, 0.25) is 0 Å². The van der Waals surface area contributed by atoms with Gasteiger partial charge < -0.3 is 20.7 Å². The highest BCUT2D eigenvalue weighted by molar-refractivity contribution is 7.89. The number of ether oxygens (including phenoxy) is 1. The Labute approximate surface area is 375 Å². The first-order valence-corrected chi connectivity index (χ1v) is 22.9. The molecular formula is C50H55ClN4O7S. The molecule has 5 aromatic rings. The summed E-state index contributed by atoms with van der Waals surface area (Å²) in [4.78, 5) is 27.7. The number of primary amides is 1. The van der Waals surface area contributed by atoms with Crippen LogP contribution in [0.15, 0.2) is 124 Å². The molecule has 63 heavy (non-hydrogen) atoms. The summed E-state index contributed by atoms with van der Waals surface area (Å²) in [6.07, 6.45) is 2.47. The number of Topliss-reactive ketones (excluding diaryl/α,β-unsaturated/α-hetero) is 1. The van der Waals surface area contributed by atoms with Gasteiger partial charge in [-0.1, -0.05) is 121 Å². The molecule has 0 radical (unpaired) electrons. The van der Waals surface area contributed by atoms with Gasteiger partial charge in [-0.15, -0.1) is 0 Å². The number of rotatable bonds is 17. The number of aromatic hydroxyl groups is 1. The van der Waals surface area contributed by atoms with Gasteiger partial charge in [0, 0.05) is 28.2 Å². The molecule has 1 amide bonds. The molecule has 0 heterocycles. The normalized spacial score (nSPS) is 16.8. The van der Waals surface area contributed by atoms with Gasteiger partial charge in [-0.05, 0) is 101 Å². The van der Waals surface area contributed by atoms with E-state index in [4.69, 9.17) is 22.1 Å². The van der Waals surface area contributed by atoms with Crippen molar-refractivity contribution in [2.24, 2.45) is 21.9 Å². The standard InChI is InChI=1S/C50H55ClN4O7S/c1-8-15-37-44(31-16-12-11-13-17-31)46(55-63(60,61)35-24-21-33(22-25-35)53-54-34-23-27-41(56)40(51)29-34)36-26-20-32(28-39(36)50(37,59)47(52)58)42(57)30-62-43-19-14-18-38(48(4,5)9-2)45(43)49(6,7)10-3/h11-14,16-29,37,55-56,59H,8-10,15,30H2,1-7H3,(H2,52,58). The van der Waals surface area contributed by atoms with Gasteiger partial charge in [-0.25, -0.2) is 8.42 Å². The summed E-state index contributed by atoms with van der Waals surface area (Å²) in [5, 5.41) is 30.8. The third-order valence-electron chi connectivity index (χ3n) is 12.3. The summed E-state index contributed by atoms with van der Waals surface area (Å²) in [7, 11) is -4.34. The first kappa shape index (κ1) is 46.7. The number of halogens is 1. The van der Waals surface area contributed by atoms with E-state index in [0.717, 1.165) is 24.0 Å². The number of azo groups is 1. The van der Waals surface area contributed by atoms with Gasteiger partial charge in [0.1, 0.15) is 11.5 Å². The lowest BCUT2D eigenvalue weighted by molar-refractivity contribution is -0.141. The smallest absolute Gasteiger partial charge is 0.261 e. The second kappa shape index (κ2) is 18.5. The highest BCUT2D eigenvalue weighted by Gasteiger charge is 2.51. The van der Waals surface area contributed by atoms with Gasteiger partial charge in [-0.2, -0.15) is 10.2 Å². The number of aliphatic hydroxyl groups is 1. The molecule has 0 saturated carbocycles. The van der Waals surface area contributed by atoms with Crippen molar-refractivity contribution in [3.05, 3.63) is 148 Å². The number of hydrogen-bond donors (Lipinski definition) is 4. The Morgan fingerprint density at radius 2 is 1.49 bits per heavy atom. The summed E-state index contributed by atoms with van der Waals surface area (Å²) in [6, 6.07) is 29.5. The molecule has 5 N–H and O–H groups in total. The Kier molecular flexibility index (Phi) is 13.7. The van der Waals surface area contributed by atoms with Crippen molar-refractivity contribution in [1.29, 1.82) is 0 Å². The zero-order valence-electron chi connectivity index (χ0n) is 36.7. The van der Waals surface area contributed by atoms with E-state index in [9.17, 15) is 28.2 Å². The summed E-state index contributed by atoms with van der Waals surface area (Å²) in [5.74, 6) is -1.97. The molecule has 5 aromatic carbocycles. The molecule has 2 atom stereocenters. The average molecular weight is 892 g/mol. The third-order valence-corrected chi connectivity index (χ3v) is 14.0. The minimum Gasteiger partial charge on any atom is -0.506 e. The fourth-order valence-corrected chi connectivity index (χ4v) is 9.33. The highest BCUT2D eigenvalue weighted by Crippen LogP contribution is 2.51. The summed E-state index contributed by atoms with van der Waals surface area (Å²) >= 11 is 6.00. The van der Waals surface area contributed by atoms with Crippen molar-refractivity contribution in [1.82, 2.24) is 4.72 Å². The lowest BCUT2D eigenvalue weighted by Gasteiger charge is -2.42. The summed E-state index contributed by atoms with van der Waals surface area (Å²) in [6.45, 7) is 14.5. The van der Waals surface area contributed by atoms with Gasteiger partial charge in [0.05, 0.1) is 27.0 Å². The Hall–Kier alpha value is -5.82. The molecule has 0 aromatic heterocycles. The number of benzene rings is 5. The van der Waals surface area contributed by atoms with Gasteiger partial charge in [0.25, 0.3) is 15.9 Å². The zero-order valence-corrected chi connectivity index (χ0v) is 38.3. The van der Waals surface area contributed by atoms with Crippen molar-refractivity contribution in [2.45, 2.75) is 95.5 Å². The molecule has 330 valence electrons. The number of hydrogen-bond acceptors (Lipinski definition) is 9. The molecule has 0 spiro atoms. The van der Waals surface area contributed by atoms with Gasteiger partial charge in [0.15, 0.2) is 18.0 Å². The van der Waals surface area contributed by atoms with E-state index in [1.54, 1.807) is 24.3 Å². The molecule has 0 saturated heterocycles. The zero-order chi connectivity index (χ0) is 45.9. The number of phenolic OH excluding ortho intramolecular Hbond substituents is 1. The number of phenols is 1. The van der Waals surface area contributed by atoms with Crippen LogP contribution in [0.4, 0.5) is 11.4 Å². The lowest BCUT2D eigenvalue weighted by Crippen LogP contribution is -2.51. The number of carbonyl (C=O) groups excluding carboxylic acids is 2. The molecule has 0 bridgehead atoms. The van der Waals surface area contributed by atoms with E-state index in [0.29, 0.717) is 34.7 Å². The van der Waals surface area contributed by atoms with E-state index < -0.39 is 33.2 Å². The van der Waals surface area contributed by atoms with Crippen LogP contribution in [0.3, 0.4) is 0 Å². The van der Waals surface area contributed by atoms with Gasteiger partial charge in [-0.3, -0.25) is 14.3 Å². The second-order valence-electron chi connectivity index (χ2n) is 17.2. The highest BCUT2D eigenvalue weighted by atomic mass is 35.5. The van der Waals surface area contributed by atoms with E-state index in [1.807, 2.05) is 25.1 Å². The predicted octanol–water partition coefficient (Wildman–Crippen LogP) is 11.0. The second-order valence-corrected chi connectivity index (χ2v) is 19.3. The number of fused-ring (bicyclic) bond motifs is 1. The Bertz CT molecular complexity index is 2700. The number of carbonyl (C=O) groups is 2. The van der Waals surface area contributed by atoms with Gasteiger partial charge >= 0.3 is 0 Å². The maximum atomic E-state index is 14.4. The van der Waals surface area contributed by atoms with Crippen molar-refractivity contribution in [2.75, 3.05) is 6.61 Å². The monoisotopic (exact) mass is 890 g/mol. The molecule has 0 aliphatic heterocycles. The first-order valence-electron chi connectivity index (χ1n) is 21.1. The number of sulfonamides is 1. The minimum absolute atomic E-state index is 0.00118. The number of ketones is 1. The maximum Gasteiger partial charge on any atom is 0.261 e. The quantitative estimate of drug-likeness (QED) is 0.0529. The minimum atomic E-state index is -4.34. The lowest BCUT2D eigenvalue weighted by atomic mass is 9.66. The van der Waals surface area contributed by atoms with Crippen LogP contribution >= 0.6 is 11.6 Å². The SMILES string of the molecule is CCCC1C(c2ccccc2)=C(NS(=O)(=O)c2ccc(N=Nc3ccc(O)c(Cl)c3)cc2)c2ccc(C(=O)COc3cccc(C(C)(C)CC)c3C(C)(C)CC)cc2C1(O)C(N)=O. The summed E-state index contributed by atoms with van der Waals surface area (Å²) < 4.78 is 37.9. The largest absolute Gasteiger partial charge is 0.506 e. The van der Waals surface area contributed by atoms with Crippen LogP contribution in [0.1, 0.15) is 112 Å². The molecular weight excluding hydrogens is 836 g/mol. The topological polar surface area (TPSA) is 181 Å². The number of nitrogens with one attached hydrogen (secondary N) is 1. The molecule has 2 unspecified atom stereocenters. The summed E-state index contributed by atoms with van der Waals surface area (Å²) in [5.41, 5.74) is 7.71. The number of nitrogens with zero attached hydrogens (tertiary/aromatic N) is 2. The van der Waals surface area contributed by atoms with E-state index in [-0.39, 0.29) is 61.9 Å². The maximum absolute atomic E-state index is 14.4. The molecule has 11 nitrogen and oxygen atoms in total. The van der Waals surface area contributed by atoms with Crippen LogP contribution in [0.5, 0.6) is 11.5 Å². The Morgan fingerprint density at radius 3 is 2.11 bits per heavy atom. The van der Waals surface area contributed by atoms with Crippen LogP contribution in [-0.4, -0.2) is 36.9 Å². The fraction of sp³-hybridized carbons (Fsp3) is 0.320. The molecule has 1 aliphatic rings. The molecule has 1 aliphatic carbocycles. The Balaban J connectivity index is 1.42. The Morgan fingerprint density at radius 1 is 0.841 bits per heavy atom. The first-order chi connectivity index (χ1) is 29.8. The van der Waals surface area contributed by atoms with E-state index in [1.165, 1.54) is 60.7 Å². The van der Waals surface area contributed by atoms with Crippen LogP contribution in [-0.2, 0) is 31.2 Å². The van der Waals surface area contributed by atoms with Crippen LogP contribution < -0.4 is 15.2 Å². The number of nitrogens with two attached hydrogens (primary N) is 1. The van der Waals surface area contributed by atoms with Crippen molar-refractivity contribution in [3.63, 3.8) is 0 Å². The van der Waals surface area contributed by atoms with Crippen molar-refractivity contribution < 1.29 is 33.0 Å². The average Bonchev–Trinajstić information content (AvgIpc) is 3.27.